The molecule has 2 amide bonds. The van der Waals surface area contributed by atoms with Gasteiger partial charge in [-0.1, -0.05) is 30.3 Å². The number of carbonyl (C=O) groups is 2. The molecule has 31 heavy (non-hydrogen) atoms. The number of likely N-dealkylation sites (tertiary alicyclic amines) is 1. The van der Waals surface area contributed by atoms with E-state index in [1.807, 2.05) is 30.3 Å². The first-order valence-electron chi connectivity index (χ1n) is 10.2. The van der Waals surface area contributed by atoms with E-state index in [0.717, 1.165) is 5.56 Å². The number of ether oxygens (including phenoxy) is 1. The molecular formula is C25H24N2O4. The Kier molecular flexibility index (Phi) is 5.89. The van der Waals surface area contributed by atoms with Gasteiger partial charge in [-0.3, -0.25) is 14.5 Å². The second-order valence-electron chi connectivity index (χ2n) is 7.47. The number of carbonyl (C=O) groups excluding carboxylic acids is 2. The van der Waals surface area contributed by atoms with Crippen molar-refractivity contribution < 1.29 is 19.4 Å². The number of amides is 2. The quantitative estimate of drug-likeness (QED) is 0.614. The van der Waals surface area contributed by atoms with Gasteiger partial charge in [0.25, 0.3) is 0 Å². The maximum atomic E-state index is 13.6. The topological polar surface area (TPSA) is 70.1 Å². The van der Waals surface area contributed by atoms with Crippen LogP contribution in [0.3, 0.4) is 0 Å². The van der Waals surface area contributed by atoms with Crippen LogP contribution in [0.25, 0.3) is 0 Å². The summed E-state index contributed by atoms with van der Waals surface area (Å²) in [7, 11) is 1.58. The fourth-order valence-electron chi connectivity index (χ4n) is 3.82. The second-order valence-corrected chi connectivity index (χ2v) is 7.47. The van der Waals surface area contributed by atoms with Crippen molar-refractivity contribution in [2.45, 2.75) is 13.0 Å². The molecule has 1 aliphatic rings. The lowest BCUT2D eigenvalue weighted by molar-refractivity contribution is -0.136. The molecule has 1 atom stereocenters. The number of phenols is 1. The highest BCUT2D eigenvalue weighted by Crippen LogP contribution is 2.33. The van der Waals surface area contributed by atoms with Crippen molar-refractivity contribution in [3.63, 3.8) is 0 Å². The molecule has 3 aromatic carbocycles. The number of hydrogen-bond acceptors (Lipinski definition) is 4. The predicted octanol–water partition coefficient (Wildman–Crippen LogP) is 4.11. The van der Waals surface area contributed by atoms with Crippen molar-refractivity contribution in [1.82, 2.24) is 4.90 Å². The van der Waals surface area contributed by atoms with E-state index in [1.165, 1.54) is 17.0 Å². The van der Waals surface area contributed by atoms with Crippen LogP contribution in [0.1, 0.15) is 12.0 Å². The Balaban J connectivity index is 1.61. The number of hydrogen-bond donors (Lipinski definition) is 1. The predicted molar refractivity (Wildman–Crippen MR) is 118 cm³/mol. The summed E-state index contributed by atoms with van der Waals surface area (Å²) in [6.07, 6.45) is 0.467. The van der Waals surface area contributed by atoms with Crippen LogP contribution in [-0.4, -0.2) is 35.5 Å². The average Bonchev–Trinajstić information content (AvgIpc) is 3.16. The van der Waals surface area contributed by atoms with Crippen molar-refractivity contribution in [2.75, 3.05) is 18.6 Å². The molecule has 0 bridgehead atoms. The van der Waals surface area contributed by atoms with Crippen LogP contribution in [0.5, 0.6) is 11.5 Å². The minimum absolute atomic E-state index is 0.108. The monoisotopic (exact) mass is 416 g/mol. The average molecular weight is 416 g/mol. The molecule has 1 N–H and O–H groups in total. The normalized spacial score (nSPS) is 15.7. The molecule has 0 radical (unpaired) electrons. The van der Waals surface area contributed by atoms with Gasteiger partial charge in [0.05, 0.1) is 7.11 Å². The molecule has 1 fully saturated rings. The summed E-state index contributed by atoms with van der Waals surface area (Å²) in [6.45, 7) is 1.03. The summed E-state index contributed by atoms with van der Waals surface area (Å²) in [5, 5.41) is 9.66. The van der Waals surface area contributed by atoms with Crippen molar-refractivity contribution in [3.8, 4) is 11.5 Å². The molecule has 1 aliphatic heterocycles. The van der Waals surface area contributed by atoms with Crippen molar-refractivity contribution in [2.24, 2.45) is 5.92 Å². The first-order valence-corrected chi connectivity index (χ1v) is 10.2. The van der Waals surface area contributed by atoms with Gasteiger partial charge in [-0.25, -0.2) is 0 Å². The minimum atomic E-state index is -0.750. The third-order valence-electron chi connectivity index (χ3n) is 5.47. The van der Waals surface area contributed by atoms with Crippen molar-refractivity contribution in [1.29, 1.82) is 0 Å². The van der Waals surface area contributed by atoms with E-state index in [4.69, 9.17) is 4.74 Å². The van der Waals surface area contributed by atoms with E-state index in [1.54, 1.807) is 48.4 Å². The van der Waals surface area contributed by atoms with Gasteiger partial charge in [-0.2, -0.15) is 0 Å². The van der Waals surface area contributed by atoms with Crippen LogP contribution in [0, 0.1) is 5.92 Å². The van der Waals surface area contributed by atoms with E-state index in [2.05, 4.69) is 0 Å². The van der Waals surface area contributed by atoms with Crippen LogP contribution >= 0.6 is 0 Å². The number of anilines is 2. The van der Waals surface area contributed by atoms with Crippen LogP contribution in [0.4, 0.5) is 11.4 Å². The van der Waals surface area contributed by atoms with Gasteiger partial charge in [0.1, 0.15) is 17.4 Å². The summed E-state index contributed by atoms with van der Waals surface area (Å²) in [4.78, 5) is 29.9. The zero-order valence-corrected chi connectivity index (χ0v) is 17.3. The van der Waals surface area contributed by atoms with Gasteiger partial charge in [0.15, 0.2) is 0 Å². The lowest BCUT2D eigenvalue weighted by Crippen LogP contribution is -2.37. The number of nitrogens with zero attached hydrogens (tertiary/aromatic N) is 2. The molecule has 0 aromatic heterocycles. The summed E-state index contributed by atoms with van der Waals surface area (Å²) in [5.74, 6) is -0.410. The summed E-state index contributed by atoms with van der Waals surface area (Å²) in [6, 6.07) is 23.3. The van der Waals surface area contributed by atoms with E-state index >= 15 is 0 Å². The van der Waals surface area contributed by atoms with Crippen LogP contribution in [0.15, 0.2) is 78.9 Å². The third kappa shape index (κ3) is 4.38. The Morgan fingerprint density at radius 3 is 2.23 bits per heavy atom. The number of rotatable bonds is 6. The van der Waals surface area contributed by atoms with E-state index in [0.29, 0.717) is 36.6 Å². The standard InChI is InChI=1S/C25H24N2O4/c1-31-22-13-9-20(10-14-22)27(19-7-11-21(28)12-8-19)25(30)23-15-16-26(24(23)29)17-18-5-3-2-4-6-18/h2-14,23,28H,15-17H2,1H3. The highest BCUT2D eigenvalue weighted by molar-refractivity contribution is 6.12. The SMILES string of the molecule is COc1ccc(N(C(=O)C2CCN(Cc3ccccc3)C2=O)c2ccc(O)cc2)cc1. The third-order valence-corrected chi connectivity index (χ3v) is 5.47. The van der Waals surface area contributed by atoms with Crippen LogP contribution in [0.2, 0.25) is 0 Å². The Labute approximate surface area is 181 Å². The maximum absolute atomic E-state index is 13.6. The van der Waals surface area contributed by atoms with Gasteiger partial charge in [0, 0.05) is 24.5 Å². The van der Waals surface area contributed by atoms with E-state index < -0.39 is 5.92 Å². The Bertz CT molecular complexity index is 1050. The van der Waals surface area contributed by atoms with E-state index in [9.17, 15) is 14.7 Å². The smallest absolute Gasteiger partial charge is 0.244 e. The summed E-state index contributed by atoms with van der Waals surface area (Å²) in [5.41, 5.74) is 2.25. The van der Waals surface area contributed by atoms with Gasteiger partial charge < -0.3 is 14.7 Å². The second kappa shape index (κ2) is 8.92. The molecule has 1 unspecified atom stereocenters. The Morgan fingerprint density at radius 2 is 1.61 bits per heavy atom. The molecule has 158 valence electrons. The minimum Gasteiger partial charge on any atom is -0.508 e. The number of methoxy groups -OCH3 is 1. The Morgan fingerprint density at radius 1 is 1.00 bits per heavy atom. The fourth-order valence-corrected chi connectivity index (χ4v) is 3.82. The zero-order valence-electron chi connectivity index (χ0n) is 17.3. The van der Waals surface area contributed by atoms with E-state index in [-0.39, 0.29) is 17.6 Å². The lowest BCUT2D eigenvalue weighted by atomic mass is 10.0. The molecule has 1 heterocycles. The molecule has 6 heteroatoms. The fraction of sp³-hybridized carbons (Fsp3) is 0.200. The molecule has 4 rings (SSSR count). The van der Waals surface area contributed by atoms with Crippen LogP contribution in [-0.2, 0) is 16.1 Å². The number of benzene rings is 3. The molecule has 0 saturated carbocycles. The van der Waals surface area contributed by atoms with Gasteiger partial charge in [-0.05, 0) is 60.5 Å². The summed E-state index contributed by atoms with van der Waals surface area (Å²) < 4.78 is 5.22. The zero-order chi connectivity index (χ0) is 21.8. The molecule has 6 nitrogen and oxygen atoms in total. The van der Waals surface area contributed by atoms with Crippen molar-refractivity contribution >= 4 is 23.2 Å². The lowest BCUT2D eigenvalue weighted by Gasteiger charge is -2.26. The van der Waals surface area contributed by atoms with Gasteiger partial charge in [0.2, 0.25) is 11.8 Å². The molecule has 3 aromatic rings. The van der Waals surface area contributed by atoms with Gasteiger partial charge >= 0.3 is 0 Å². The first kappa shape index (κ1) is 20.5. The summed E-state index contributed by atoms with van der Waals surface area (Å²) >= 11 is 0. The largest absolute Gasteiger partial charge is 0.508 e. The Hall–Kier alpha value is -3.80. The molecule has 0 aliphatic carbocycles. The first-order chi connectivity index (χ1) is 15.1. The highest BCUT2D eigenvalue weighted by atomic mass is 16.5. The van der Waals surface area contributed by atoms with Crippen LogP contribution < -0.4 is 9.64 Å². The number of phenolic OH excluding ortho intramolecular Hbond substituents is 1. The molecule has 1 saturated heterocycles. The maximum Gasteiger partial charge on any atom is 0.244 e. The van der Waals surface area contributed by atoms with Gasteiger partial charge in [-0.15, -0.1) is 0 Å². The highest BCUT2D eigenvalue weighted by Gasteiger charge is 2.40. The number of aromatic hydroxyl groups is 1. The molecule has 0 spiro atoms. The van der Waals surface area contributed by atoms with Crippen molar-refractivity contribution in [3.05, 3.63) is 84.4 Å². The molecular weight excluding hydrogens is 392 g/mol.